The first-order valence-corrected chi connectivity index (χ1v) is 11.7. The molecule has 2 aromatic carbocycles. The number of aryl methyl sites for hydroxylation is 1. The second-order valence-corrected chi connectivity index (χ2v) is 9.70. The molecular formula is C23H30N2O3S. The molecule has 1 amide bonds. The third-order valence-corrected chi connectivity index (χ3v) is 7.74. The van der Waals surface area contributed by atoms with Gasteiger partial charge in [0.05, 0.1) is 10.6 Å². The maximum absolute atomic E-state index is 13.5. The Kier molecular flexibility index (Phi) is 6.63. The number of hydrogen-bond acceptors (Lipinski definition) is 3. The van der Waals surface area contributed by atoms with Crippen molar-refractivity contribution in [1.82, 2.24) is 4.90 Å². The van der Waals surface area contributed by atoms with Crippen molar-refractivity contribution in [1.29, 1.82) is 0 Å². The maximum atomic E-state index is 13.5. The SMILES string of the molecule is Cc1cccc(N(CC(=O)N(C)C2CCCCC2)S(=O)(=O)c2ccccc2)c1C. The molecule has 0 aliphatic heterocycles. The van der Waals surface area contributed by atoms with Gasteiger partial charge in [0.1, 0.15) is 6.54 Å². The molecule has 1 aliphatic rings. The topological polar surface area (TPSA) is 57.7 Å². The Morgan fingerprint density at radius 3 is 2.28 bits per heavy atom. The van der Waals surface area contributed by atoms with E-state index in [1.165, 1.54) is 10.7 Å². The largest absolute Gasteiger partial charge is 0.341 e. The molecule has 1 aliphatic carbocycles. The van der Waals surface area contributed by atoms with E-state index in [9.17, 15) is 13.2 Å². The van der Waals surface area contributed by atoms with Crippen molar-refractivity contribution in [2.24, 2.45) is 0 Å². The zero-order chi connectivity index (χ0) is 21.0. The fourth-order valence-corrected chi connectivity index (χ4v) is 5.42. The van der Waals surface area contributed by atoms with E-state index in [2.05, 4.69) is 0 Å². The Balaban J connectivity index is 1.97. The Labute approximate surface area is 174 Å². The van der Waals surface area contributed by atoms with Gasteiger partial charge in [-0.3, -0.25) is 9.10 Å². The molecule has 2 aromatic rings. The highest BCUT2D eigenvalue weighted by atomic mass is 32.2. The highest BCUT2D eigenvalue weighted by Gasteiger charge is 2.31. The number of sulfonamides is 1. The summed E-state index contributed by atoms with van der Waals surface area (Å²) in [6, 6.07) is 14.1. The molecular weight excluding hydrogens is 384 g/mol. The third-order valence-electron chi connectivity index (χ3n) is 5.97. The third kappa shape index (κ3) is 4.64. The van der Waals surface area contributed by atoms with Crippen LogP contribution in [0.5, 0.6) is 0 Å². The van der Waals surface area contributed by atoms with Crippen LogP contribution in [0.25, 0.3) is 0 Å². The van der Waals surface area contributed by atoms with Crippen LogP contribution in [0, 0.1) is 13.8 Å². The molecule has 29 heavy (non-hydrogen) atoms. The molecule has 0 heterocycles. The van der Waals surface area contributed by atoms with Crippen LogP contribution in [0.3, 0.4) is 0 Å². The zero-order valence-electron chi connectivity index (χ0n) is 17.5. The van der Waals surface area contributed by atoms with E-state index in [-0.39, 0.29) is 23.4 Å². The molecule has 0 N–H and O–H groups in total. The van der Waals surface area contributed by atoms with Gasteiger partial charge in [0, 0.05) is 13.1 Å². The van der Waals surface area contributed by atoms with Crippen LogP contribution in [0.2, 0.25) is 0 Å². The van der Waals surface area contributed by atoms with Crippen molar-refractivity contribution >= 4 is 21.6 Å². The monoisotopic (exact) mass is 414 g/mol. The maximum Gasteiger partial charge on any atom is 0.264 e. The summed E-state index contributed by atoms with van der Waals surface area (Å²) < 4.78 is 28.2. The standard InChI is InChI=1S/C23H30N2O3S/c1-18-11-10-16-22(19(18)2)25(29(27,28)21-14-8-5-9-15-21)17-23(26)24(3)20-12-6-4-7-13-20/h5,8-11,14-16,20H,4,6-7,12-13,17H2,1-3H3. The van der Waals surface area contributed by atoms with Crippen LogP contribution < -0.4 is 4.31 Å². The molecule has 1 saturated carbocycles. The quantitative estimate of drug-likeness (QED) is 0.708. The normalized spacial score (nSPS) is 15.1. The van der Waals surface area contributed by atoms with Gasteiger partial charge in [-0.2, -0.15) is 0 Å². The van der Waals surface area contributed by atoms with Crippen molar-refractivity contribution < 1.29 is 13.2 Å². The second-order valence-electron chi connectivity index (χ2n) is 7.84. The van der Waals surface area contributed by atoms with Crippen LogP contribution in [0.15, 0.2) is 53.4 Å². The molecule has 5 nitrogen and oxygen atoms in total. The van der Waals surface area contributed by atoms with Crippen LogP contribution in [-0.4, -0.2) is 38.9 Å². The first kappa shape index (κ1) is 21.4. The summed E-state index contributed by atoms with van der Waals surface area (Å²) in [6.07, 6.45) is 5.40. The highest BCUT2D eigenvalue weighted by Crippen LogP contribution is 2.29. The number of anilines is 1. The lowest BCUT2D eigenvalue weighted by molar-refractivity contribution is -0.130. The van der Waals surface area contributed by atoms with Crippen LogP contribution in [0.1, 0.15) is 43.2 Å². The van der Waals surface area contributed by atoms with E-state index < -0.39 is 10.0 Å². The molecule has 0 radical (unpaired) electrons. The summed E-state index contributed by atoms with van der Waals surface area (Å²) in [5.74, 6) is -0.169. The summed E-state index contributed by atoms with van der Waals surface area (Å²) in [6.45, 7) is 3.64. The number of amides is 1. The number of carbonyl (C=O) groups is 1. The molecule has 0 unspecified atom stereocenters. The first-order valence-electron chi connectivity index (χ1n) is 10.2. The van der Waals surface area contributed by atoms with E-state index >= 15 is 0 Å². The van der Waals surface area contributed by atoms with E-state index in [0.29, 0.717) is 5.69 Å². The van der Waals surface area contributed by atoms with E-state index in [1.807, 2.05) is 26.0 Å². The Morgan fingerprint density at radius 2 is 1.62 bits per heavy atom. The predicted octanol–water partition coefficient (Wildman–Crippen LogP) is 4.29. The lowest BCUT2D eigenvalue weighted by atomic mass is 9.94. The minimum absolute atomic E-state index is 0.169. The lowest BCUT2D eigenvalue weighted by Gasteiger charge is -2.33. The molecule has 6 heteroatoms. The van der Waals surface area contributed by atoms with Crippen molar-refractivity contribution in [2.45, 2.75) is 56.9 Å². The van der Waals surface area contributed by atoms with Crippen LogP contribution >= 0.6 is 0 Å². The average molecular weight is 415 g/mol. The lowest BCUT2D eigenvalue weighted by Crippen LogP contribution is -2.46. The predicted molar refractivity (Wildman–Crippen MR) is 117 cm³/mol. The molecule has 3 rings (SSSR count). The zero-order valence-corrected chi connectivity index (χ0v) is 18.3. The van der Waals surface area contributed by atoms with E-state index in [1.54, 1.807) is 48.3 Å². The van der Waals surface area contributed by atoms with Crippen molar-refractivity contribution in [3.8, 4) is 0 Å². The Hall–Kier alpha value is -2.34. The minimum atomic E-state index is -3.87. The van der Waals surface area contributed by atoms with Gasteiger partial charge in [-0.05, 0) is 56.0 Å². The number of rotatable bonds is 6. The smallest absolute Gasteiger partial charge is 0.264 e. The van der Waals surface area contributed by atoms with Gasteiger partial charge in [-0.25, -0.2) is 8.42 Å². The summed E-state index contributed by atoms with van der Waals surface area (Å²) in [5, 5.41) is 0. The first-order chi connectivity index (χ1) is 13.8. The molecule has 156 valence electrons. The molecule has 0 atom stereocenters. The van der Waals surface area contributed by atoms with Crippen molar-refractivity contribution in [3.63, 3.8) is 0 Å². The molecule has 1 fully saturated rings. The summed E-state index contributed by atoms with van der Waals surface area (Å²) in [4.78, 5) is 15.1. The highest BCUT2D eigenvalue weighted by molar-refractivity contribution is 7.92. The van der Waals surface area contributed by atoms with Gasteiger partial charge in [-0.15, -0.1) is 0 Å². The molecule has 0 bridgehead atoms. The van der Waals surface area contributed by atoms with Gasteiger partial charge < -0.3 is 4.90 Å². The summed E-state index contributed by atoms with van der Waals surface area (Å²) in [5.41, 5.74) is 2.41. The fourth-order valence-electron chi connectivity index (χ4n) is 3.93. The van der Waals surface area contributed by atoms with Crippen molar-refractivity contribution in [3.05, 3.63) is 59.7 Å². The second kappa shape index (κ2) is 8.99. The Morgan fingerprint density at radius 1 is 0.966 bits per heavy atom. The van der Waals surface area contributed by atoms with Gasteiger partial charge in [0.15, 0.2) is 0 Å². The number of benzene rings is 2. The number of hydrogen-bond donors (Lipinski definition) is 0. The number of carbonyl (C=O) groups excluding carboxylic acids is 1. The Bertz CT molecular complexity index is 951. The summed E-state index contributed by atoms with van der Waals surface area (Å²) >= 11 is 0. The van der Waals surface area contributed by atoms with E-state index in [0.717, 1.165) is 36.8 Å². The van der Waals surface area contributed by atoms with Crippen LogP contribution in [-0.2, 0) is 14.8 Å². The van der Waals surface area contributed by atoms with Crippen LogP contribution in [0.4, 0.5) is 5.69 Å². The molecule has 0 saturated heterocycles. The van der Waals surface area contributed by atoms with Crippen molar-refractivity contribution in [2.75, 3.05) is 17.9 Å². The van der Waals surface area contributed by atoms with Gasteiger partial charge in [0.2, 0.25) is 5.91 Å². The summed E-state index contributed by atoms with van der Waals surface area (Å²) in [7, 11) is -2.07. The molecule has 0 aromatic heterocycles. The van der Waals surface area contributed by atoms with Gasteiger partial charge in [-0.1, -0.05) is 49.6 Å². The van der Waals surface area contributed by atoms with Gasteiger partial charge in [0.25, 0.3) is 10.0 Å². The number of nitrogens with zero attached hydrogens (tertiary/aromatic N) is 2. The van der Waals surface area contributed by atoms with Gasteiger partial charge >= 0.3 is 0 Å². The number of likely N-dealkylation sites (N-methyl/N-ethyl adjacent to an activating group) is 1. The molecule has 0 spiro atoms. The minimum Gasteiger partial charge on any atom is -0.341 e. The van der Waals surface area contributed by atoms with E-state index in [4.69, 9.17) is 0 Å². The average Bonchev–Trinajstić information content (AvgIpc) is 2.74. The fraction of sp³-hybridized carbons (Fsp3) is 0.435.